The summed E-state index contributed by atoms with van der Waals surface area (Å²) in [6.45, 7) is 4.78. The summed E-state index contributed by atoms with van der Waals surface area (Å²) in [5, 5.41) is 3.68. The van der Waals surface area contributed by atoms with Crippen LogP contribution in [-0.4, -0.2) is 36.7 Å². The van der Waals surface area contributed by atoms with E-state index in [0.29, 0.717) is 25.4 Å². The number of hydrogen-bond donors (Lipinski definition) is 1. The molecule has 0 aliphatic carbocycles. The molecule has 0 saturated carbocycles. The Labute approximate surface area is 135 Å². The maximum Gasteiger partial charge on any atom is 0.354 e. The van der Waals surface area contributed by atoms with Crippen molar-refractivity contribution in [3.63, 3.8) is 0 Å². The second-order valence-electron chi connectivity index (χ2n) is 5.16. The minimum absolute atomic E-state index is 0.0577. The van der Waals surface area contributed by atoms with Crippen molar-refractivity contribution < 1.29 is 19.1 Å². The number of fused-ring (bicyclic) bond motifs is 1. The molecule has 1 heterocycles. The Kier molecular flexibility index (Phi) is 5.62. The van der Waals surface area contributed by atoms with Crippen LogP contribution in [0.5, 0.6) is 5.75 Å². The highest BCUT2D eigenvalue weighted by atomic mass is 16.5. The molecular formula is C17H22N2O4. The van der Waals surface area contributed by atoms with E-state index in [2.05, 4.69) is 5.32 Å². The van der Waals surface area contributed by atoms with E-state index < -0.39 is 0 Å². The standard InChI is InChI=1S/C17H22N2O4/c1-4-23-17(21)16-11-13-10-14(22-3)6-7-15(13)19(16)9-5-8-18-12(2)20/h6-7,10-11H,4-5,8-9H2,1-3H3,(H,18,20). The van der Waals surface area contributed by atoms with Gasteiger partial charge in [0.1, 0.15) is 11.4 Å². The number of amides is 1. The van der Waals surface area contributed by atoms with Crippen LogP contribution in [-0.2, 0) is 16.1 Å². The minimum atomic E-state index is -0.345. The van der Waals surface area contributed by atoms with Gasteiger partial charge in [-0.15, -0.1) is 0 Å². The molecule has 0 radical (unpaired) electrons. The van der Waals surface area contributed by atoms with Gasteiger partial charge in [-0.3, -0.25) is 4.79 Å². The molecule has 0 fully saturated rings. The molecule has 1 aromatic carbocycles. The zero-order valence-electron chi connectivity index (χ0n) is 13.7. The van der Waals surface area contributed by atoms with Gasteiger partial charge in [0.15, 0.2) is 0 Å². The lowest BCUT2D eigenvalue weighted by molar-refractivity contribution is -0.118. The second-order valence-corrected chi connectivity index (χ2v) is 5.16. The third kappa shape index (κ3) is 4.03. The zero-order chi connectivity index (χ0) is 16.8. The predicted molar refractivity (Wildman–Crippen MR) is 87.7 cm³/mol. The van der Waals surface area contributed by atoms with Gasteiger partial charge in [-0.05, 0) is 37.6 Å². The first kappa shape index (κ1) is 16.9. The van der Waals surface area contributed by atoms with Crippen molar-refractivity contribution in [1.82, 2.24) is 9.88 Å². The number of aromatic nitrogens is 1. The fourth-order valence-corrected chi connectivity index (χ4v) is 2.49. The molecule has 6 heteroatoms. The Balaban J connectivity index is 2.31. The van der Waals surface area contributed by atoms with Gasteiger partial charge in [0.05, 0.1) is 13.7 Å². The number of carbonyl (C=O) groups excluding carboxylic acids is 2. The molecule has 0 atom stereocenters. The normalized spacial score (nSPS) is 10.6. The van der Waals surface area contributed by atoms with Gasteiger partial charge >= 0.3 is 5.97 Å². The van der Waals surface area contributed by atoms with Gasteiger partial charge in [-0.1, -0.05) is 0 Å². The van der Waals surface area contributed by atoms with E-state index >= 15 is 0 Å². The van der Waals surface area contributed by atoms with Crippen molar-refractivity contribution >= 4 is 22.8 Å². The van der Waals surface area contributed by atoms with Gasteiger partial charge < -0.3 is 19.4 Å². The molecule has 23 heavy (non-hydrogen) atoms. The van der Waals surface area contributed by atoms with Crippen LogP contribution in [0.15, 0.2) is 24.3 Å². The number of nitrogens with one attached hydrogen (secondary N) is 1. The van der Waals surface area contributed by atoms with Crippen molar-refractivity contribution in [2.24, 2.45) is 0 Å². The Morgan fingerprint density at radius 1 is 1.26 bits per heavy atom. The number of methoxy groups -OCH3 is 1. The number of esters is 1. The Bertz CT molecular complexity index is 706. The number of benzene rings is 1. The summed E-state index contributed by atoms with van der Waals surface area (Å²) in [7, 11) is 1.61. The fraction of sp³-hybridized carbons (Fsp3) is 0.412. The van der Waals surface area contributed by atoms with Crippen molar-refractivity contribution in [1.29, 1.82) is 0 Å². The monoisotopic (exact) mass is 318 g/mol. The summed E-state index contributed by atoms with van der Waals surface area (Å²) in [4.78, 5) is 23.1. The van der Waals surface area contributed by atoms with Crippen LogP contribution in [0.2, 0.25) is 0 Å². The Morgan fingerprint density at radius 3 is 2.70 bits per heavy atom. The molecule has 1 N–H and O–H groups in total. The Morgan fingerprint density at radius 2 is 2.04 bits per heavy atom. The Hall–Kier alpha value is -2.50. The number of ether oxygens (including phenoxy) is 2. The first-order chi connectivity index (χ1) is 11.1. The molecule has 0 saturated heterocycles. The summed E-state index contributed by atoms with van der Waals surface area (Å²) in [6.07, 6.45) is 0.724. The largest absolute Gasteiger partial charge is 0.497 e. The van der Waals surface area contributed by atoms with Gasteiger partial charge in [0.2, 0.25) is 5.91 Å². The van der Waals surface area contributed by atoms with E-state index in [-0.39, 0.29) is 11.9 Å². The number of rotatable bonds is 7. The molecule has 2 rings (SSSR count). The van der Waals surface area contributed by atoms with Crippen LogP contribution in [0.1, 0.15) is 30.8 Å². The van der Waals surface area contributed by atoms with E-state index in [1.54, 1.807) is 14.0 Å². The molecule has 2 aromatic rings. The quantitative estimate of drug-likeness (QED) is 0.628. The molecule has 1 aromatic heterocycles. The highest BCUT2D eigenvalue weighted by molar-refractivity contribution is 5.96. The van der Waals surface area contributed by atoms with E-state index in [1.165, 1.54) is 6.92 Å². The second kappa shape index (κ2) is 7.67. The lowest BCUT2D eigenvalue weighted by Gasteiger charge is -2.10. The van der Waals surface area contributed by atoms with Crippen molar-refractivity contribution in [2.75, 3.05) is 20.3 Å². The lowest BCUT2D eigenvalue weighted by Crippen LogP contribution is -2.22. The van der Waals surface area contributed by atoms with Crippen LogP contribution < -0.4 is 10.1 Å². The first-order valence-corrected chi connectivity index (χ1v) is 7.65. The van der Waals surface area contributed by atoms with Crippen molar-refractivity contribution in [3.8, 4) is 5.75 Å². The minimum Gasteiger partial charge on any atom is -0.497 e. The van der Waals surface area contributed by atoms with Gasteiger partial charge in [-0.25, -0.2) is 4.79 Å². The smallest absolute Gasteiger partial charge is 0.354 e. The third-order valence-corrected chi connectivity index (χ3v) is 3.53. The lowest BCUT2D eigenvalue weighted by atomic mass is 10.2. The highest BCUT2D eigenvalue weighted by Gasteiger charge is 2.16. The summed E-state index contributed by atoms with van der Waals surface area (Å²) in [6, 6.07) is 7.49. The topological polar surface area (TPSA) is 69.6 Å². The van der Waals surface area contributed by atoms with Crippen LogP contribution in [0.25, 0.3) is 10.9 Å². The molecule has 0 aliphatic rings. The molecule has 0 bridgehead atoms. The number of aryl methyl sites for hydroxylation is 1. The van der Waals surface area contributed by atoms with E-state index in [9.17, 15) is 9.59 Å². The van der Waals surface area contributed by atoms with Crippen molar-refractivity contribution in [2.45, 2.75) is 26.8 Å². The number of carbonyl (C=O) groups is 2. The van der Waals surface area contributed by atoms with E-state index in [1.807, 2.05) is 28.8 Å². The summed E-state index contributed by atoms with van der Waals surface area (Å²) in [5.41, 5.74) is 1.45. The summed E-state index contributed by atoms with van der Waals surface area (Å²) >= 11 is 0. The zero-order valence-corrected chi connectivity index (χ0v) is 13.7. The fourth-order valence-electron chi connectivity index (χ4n) is 2.49. The predicted octanol–water partition coefficient (Wildman–Crippen LogP) is 2.35. The molecule has 0 unspecified atom stereocenters. The van der Waals surface area contributed by atoms with Crippen LogP contribution >= 0.6 is 0 Å². The van der Waals surface area contributed by atoms with E-state index in [0.717, 1.165) is 23.1 Å². The van der Waals surface area contributed by atoms with E-state index in [4.69, 9.17) is 9.47 Å². The van der Waals surface area contributed by atoms with Crippen LogP contribution in [0.3, 0.4) is 0 Å². The molecule has 1 amide bonds. The van der Waals surface area contributed by atoms with Crippen LogP contribution in [0.4, 0.5) is 0 Å². The molecule has 0 spiro atoms. The summed E-state index contributed by atoms with van der Waals surface area (Å²) < 4.78 is 12.3. The number of hydrogen-bond acceptors (Lipinski definition) is 4. The average molecular weight is 318 g/mol. The first-order valence-electron chi connectivity index (χ1n) is 7.65. The summed E-state index contributed by atoms with van der Waals surface area (Å²) in [5.74, 6) is 0.336. The maximum atomic E-state index is 12.2. The third-order valence-electron chi connectivity index (χ3n) is 3.53. The average Bonchev–Trinajstić information content (AvgIpc) is 2.89. The maximum absolute atomic E-state index is 12.2. The number of nitrogens with zero attached hydrogens (tertiary/aromatic N) is 1. The van der Waals surface area contributed by atoms with Gasteiger partial charge in [0, 0.05) is 30.9 Å². The SMILES string of the molecule is CCOC(=O)c1cc2cc(OC)ccc2n1CCCNC(C)=O. The molecule has 6 nitrogen and oxygen atoms in total. The van der Waals surface area contributed by atoms with Gasteiger partial charge in [0.25, 0.3) is 0 Å². The highest BCUT2D eigenvalue weighted by Crippen LogP contribution is 2.25. The molecule has 0 aliphatic heterocycles. The van der Waals surface area contributed by atoms with Crippen LogP contribution in [0, 0.1) is 0 Å². The molecule has 124 valence electrons. The van der Waals surface area contributed by atoms with Gasteiger partial charge in [-0.2, -0.15) is 0 Å². The van der Waals surface area contributed by atoms with Crippen molar-refractivity contribution in [3.05, 3.63) is 30.0 Å². The molecular weight excluding hydrogens is 296 g/mol.